The number of rotatable bonds is 1. The molecule has 90 valence electrons. The van der Waals surface area contributed by atoms with Gasteiger partial charge >= 0.3 is 0 Å². The van der Waals surface area contributed by atoms with Crippen molar-refractivity contribution in [1.82, 2.24) is 4.90 Å². The molecule has 0 unspecified atom stereocenters. The van der Waals surface area contributed by atoms with Crippen LogP contribution in [-0.4, -0.2) is 11.9 Å². The van der Waals surface area contributed by atoms with Gasteiger partial charge in [-0.2, -0.15) is 10.5 Å². The lowest BCUT2D eigenvalue weighted by Gasteiger charge is -2.32. The zero-order valence-electron chi connectivity index (χ0n) is 10.6. The van der Waals surface area contributed by atoms with Gasteiger partial charge in [-0.15, -0.1) is 11.3 Å². The van der Waals surface area contributed by atoms with E-state index >= 15 is 0 Å². The van der Waals surface area contributed by atoms with Crippen LogP contribution in [0.25, 0.3) is 0 Å². The van der Waals surface area contributed by atoms with Gasteiger partial charge in [0.05, 0.1) is 29.2 Å². The average molecular weight is 255 g/mol. The van der Waals surface area contributed by atoms with Crippen molar-refractivity contribution in [2.45, 2.75) is 19.8 Å². The van der Waals surface area contributed by atoms with Crippen LogP contribution in [0.2, 0.25) is 0 Å². The van der Waals surface area contributed by atoms with Crippen LogP contribution in [-0.2, 0) is 0 Å². The summed E-state index contributed by atoms with van der Waals surface area (Å²) >= 11 is 1.58. The predicted molar refractivity (Wildman–Crippen MR) is 71.4 cm³/mol. The molecular formula is C14H13N3S. The molecule has 0 radical (unpaired) electrons. The molecule has 2 heterocycles. The zero-order valence-corrected chi connectivity index (χ0v) is 11.4. The minimum absolute atomic E-state index is 0.198. The summed E-state index contributed by atoms with van der Waals surface area (Å²) in [7, 11) is 1.89. The van der Waals surface area contributed by atoms with E-state index in [-0.39, 0.29) is 5.92 Å². The van der Waals surface area contributed by atoms with Gasteiger partial charge in [-0.1, -0.05) is 6.07 Å². The molecule has 0 aromatic carbocycles. The molecule has 1 aliphatic rings. The molecule has 1 aromatic rings. The summed E-state index contributed by atoms with van der Waals surface area (Å²) in [4.78, 5) is 2.97. The van der Waals surface area contributed by atoms with Crippen LogP contribution in [0, 0.1) is 22.7 Å². The Kier molecular flexibility index (Phi) is 3.23. The molecule has 0 saturated carbocycles. The lowest BCUT2D eigenvalue weighted by atomic mass is 9.85. The first-order chi connectivity index (χ1) is 8.61. The first kappa shape index (κ1) is 12.4. The highest BCUT2D eigenvalue weighted by atomic mass is 32.1. The van der Waals surface area contributed by atoms with E-state index < -0.39 is 0 Å². The minimum atomic E-state index is -0.198. The van der Waals surface area contributed by atoms with E-state index in [0.717, 1.165) is 16.3 Å². The minimum Gasteiger partial charge on any atom is -0.350 e. The Morgan fingerprint density at radius 2 is 1.72 bits per heavy atom. The monoisotopic (exact) mass is 255 g/mol. The van der Waals surface area contributed by atoms with E-state index in [1.54, 1.807) is 11.3 Å². The van der Waals surface area contributed by atoms with Crippen molar-refractivity contribution in [3.63, 3.8) is 0 Å². The quantitative estimate of drug-likeness (QED) is 0.773. The fourth-order valence-corrected chi connectivity index (χ4v) is 3.05. The van der Waals surface area contributed by atoms with E-state index in [0.29, 0.717) is 11.1 Å². The Morgan fingerprint density at radius 3 is 2.11 bits per heavy atom. The topological polar surface area (TPSA) is 50.8 Å². The van der Waals surface area contributed by atoms with Gasteiger partial charge in [-0.25, -0.2) is 0 Å². The van der Waals surface area contributed by atoms with Crippen molar-refractivity contribution < 1.29 is 0 Å². The van der Waals surface area contributed by atoms with E-state index in [1.807, 2.05) is 43.3 Å². The third-order valence-electron chi connectivity index (χ3n) is 3.43. The van der Waals surface area contributed by atoms with Gasteiger partial charge in [0.1, 0.15) is 0 Å². The smallest absolute Gasteiger partial charge is 0.0976 e. The summed E-state index contributed by atoms with van der Waals surface area (Å²) in [6.45, 7) is 3.85. The number of allylic oxidation sites excluding steroid dienone is 4. The molecule has 0 saturated heterocycles. The van der Waals surface area contributed by atoms with Gasteiger partial charge in [0.2, 0.25) is 0 Å². The molecule has 0 spiro atoms. The predicted octanol–water partition coefficient (Wildman–Crippen LogP) is 3.37. The molecule has 0 bridgehead atoms. The second-order valence-corrected chi connectivity index (χ2v) is 5.21. The second kappa shape index (κ2) is 4.68. The highest BCUT2D eigenvalue weighted by Crippen LogP contribution is 2.41. The highest BCUT2D eigenvalue weighted by molar-refractivity contribution is 7.10. The number of hydrogen-bond acceptors (Lipinski definition) is 4. The van der Waals surface area contributed by atoms with Crippen molar-refractivity contribution in [2.24, 2.45) is 0 Å². The fraction of sp³-hybridized carbons (Fsp3) is 0.286. The van der Waals surface area contributed by atoms with Crippen LogP contribution < -0.4 is 0 Å². The van der Waals surface area contributed by atoms with Crippen molar-refractivity contribution in [2.75, 3.05) is 7.05 Å². The Hall–Kier alpha value is -2.04. The van der Waals surface area contributed by atoms with E-state index in [2.05, 4.69) is 12.1 Å². The summed E-state index contributed by atoms with van der Waals surface area (Å²) in [6.07, 6.45) is 0. The number of thiophene rings is 1. The number of nitriles is 2. The third kappa shape index (κ3) is 1.72. The number of hydrogen-bond donors (Lipinski definition) is 0. The average Bonchev–Trinajstić information content (AvgIpc) is 2.89. The van der Waals surface area contributed by atoms with Crippen LogP contribution in [0.1, 0.15) is 24.6 Å². The first-order valence-electron chi connectivity index (χ1n) is 5.60. The molecule has 4 heteroatoms. The molecule has 0 N–H and O–H groups in total. The molecular weight excluding hydrogens is 242 g/mol. The molecule has 0 aliphatic carbocycles. The lowest BCUT2D eigenvalue weighted by Crippen LogP contribution is -2.25. The van der Waals surface area contributed by atoms with E-state index in [1.165, 1.54) is 0 Å². The van der Waals surface area contributed by atoms with Crippen LogP contribution in [0.5, 0.6) is 0 Å². The summed E-state index contributed by atoms with van der Waals surface area (Å²) in [5.74, 6) is -0.198. The van der Waals surface area contributed by atoms with Crippen LogP contribution in [0.15, 0.2) is 40.1 Å². The lowest BCUT2D eigenvalue weighted by molar-refractivity contribution is 0.490. The van der Waals surface area contributed by atoms with Gasteiger partial charge in [0.25, 0.3) is 0 Å². The van der Waals surface area contributed by atoms with Crippen LogP contribution in [0.3, 0.4) is 0 Å². The highest BCUT2D eigenvalue weighted by Gasteiger charge is 2.32. The Balaban J connectivity index is 2.67. The maximum Gasteiger partial charge on any atom is 0.0976 e. The Morgan fingerprint density at radius 1 is 1.17 bits per heavy atom. The van der Waals surface area contributed by atoms with Gasteiger partial charge in [-0.3, -0.25) is 0 Å². The van der Waals surface area contributed by atoms with Gasteiger partial charge in [0.15, 0.2) is 0 Å². The molecule has 1 aromatic heterocycles. The summed E-state index contributed by atoms with van der Waals surface area (Å²) < 4.78 is 0. The SMILES string of the molecule is CC1=C(C#N)C(c2cccs2)C(C#N)=C(C)N1C. The first-order valence-corrected chi connectivity index (χ1v) is 6.48. The molecule has 1 aliphatic heterocycles. The van der Waals surface area contributed by atoms with Crippen molar-refractivity contribution in [3.05, 3.63) is 44.9 Å². The standard InChI is InChI=1S/C14H13N3S/c1-9-11(7-15)14(13-5-4-6-18-13)12(8-16)10(2)17(9)3/h4-6,14H,1-3H3. The van der Waals surface area contributed by atoms with Crippen molar-refractivity contribution in [3.8, 4) is 12.1 Å². The Labute approximate surface area is 111 Å². The van der Waals surface area contributed by atoms with Gasteiger partial charge < -0.3 is 4.90 Å². The zero-order chi connectivity index (χ0) is 13.3. The van der Waals surface area contributed by atoms with Gasteiger partial charge in [0, 0.05) is 23.3 Å². The molecule has 18 heavy (non-hydrogen) atoms. The summed E-state index contributed by atoms with van der Waals surface area (Å²) in [6, 6.07) is 8.47. The second-order valence-electron chi connectivity index (χ2n) is 4.23. The normalized spacial score (nSPS) is 16.8. The fourth-order valence-electron chi connectivity index (χ4n) is 2.21. The molecule has 0 atom stereocenters. The van der Waals surface area contributed by atoms with Gasteiger partial charge in [-0.05, 0) is 25.3 Å². The summed E-state index contributed by atoms with van der Waals surface area (Å²) in [5, 5.41) is 20.7. The van der Waals surface area contributed by atoms with Crippen LogP contribution >= 0.6 is 11.3 Å². The molecule has 2 rings (SSSR count). The van der Waals surface area contributed by atoms with Crippen molar-refractivity contribution in [1.29, 1.82) is 10.5 Å². The largest absolute Gasteiger partial charge is 0.350 e. The third-order valence-corrected chi connectivity index (χ3v) is 4.37. The van der Waals surface area contributed by atoms with E-state index in [4.69, 9.17) is 0 Å². The number of nitrogens with zero attached hydrogens (tertiary/aromatic N) is 3. The summed E-state index contributed by atoms with van der Waals surface area (Å²) in [5.41, 5.74) is 3.18. The molecule has 0 amide bonds. The maximum absolute atomic E-state index is 9.39. The molecule has 3 nitrogen and oxygen atoms in total. The van der Waals surface area contributed by atoms with E-state index in [9.17, 15) is 10.5 Å². The van der Waals surface area contributed by atoms with Crippen molar-refractivity contribution >= 4 is 11.3 Å². The molecule has 0 fully saturated rings. The maximum atomic E-state index is 9.39. The van der Waals surface area contributed by atoms with Crippen LogP contribution in [0.4, 0.5) is 0 Å². The Bertz CT molecular complexity index is 570.